The van der Waals surface area contributed by atoms with Gasteiger partial charge in [-0.25, -0.2) is 0 Å². The van der Waals surface area contributed by atoms with Crippen molar-refractivity contribution in [2.75, 3.05) is 26.1 Å². The molecule has 41 heavy (non-hydrogen) atoms. The van der Waals surface area contributed by atoms with Crippen molar-refractivity contribution in [1.82, 2.24) is 9.47 Å². The minimum atomic E-state index is -0.603. The highest BCUT2D eigenvalue weighted by Crippen LogP contribution is 2.48. The molecule has 0 fully saturated rings. The van der Waals surface area contributed by atoms with Gasteiger partial charge in [-0.2, -0.15) is 0 Å². The van der Waals surface area contributed by atoms with Crippen LogP contribution in [0.25, 0.3) is 21.8 Å². The minimum Gasteiger partial charge on any atom is -0.493 e. The number of amides is 2. The third kappa shape index (κ3) is 3.79. The van der Waals surface area contributed by atoms with Gasteiger partial charge < -0.3 is 24.3 Å². The van der Waals surface area contributed by atoms with Gasteiger partial charge in [0.2, 0.25) is 5.91 Å². The van der Waals surface area contributed by atoms with Crippen molar-refractivity contribution in [2.45, 2.75) is 31.8 Å². The van der Waals surface area contributed by atoms with E-state index in [0.717, 1.165) is 45.2 Å². The summed E-state index contributed by atoms with van der Waals surface area (Å²) in [6, 6.07) is 25.4. The molecular formula is C34H31N3O4. The van der Waals surface area contributed by atoms with Gasteiger partial charge in [-0.15, -0.1) is 0 Å². The lowest BCUT2D eigenvalue weighted by Gasteiger charge is -2.45. The molecule has 7 rings (SSSR count). The Hall–Kier alpha value is -4.78. The van der Waals surface area contributed by atoms with Crippen LogP contribution in [0.1, 0.15) is 45.9 Å². The maximum absolute atomic E-state index is 14.3. The fourth-order valence-corrected chi connectivity index (χ4v) is 6.83. The van der Waals surface area contributed by atoms with Crippen LogP contribution in [0.4, 0.5) is 5.69 Å². The minimum absolute atomic E-state index is 0.0520. The molecule has 2 aliphatic heterocycles. The van der Waals surface area contributed by atoms with Crippen LogP contribution in [0.2, 0.25) is 0 Å². The third-order valence-corrected chi connectivity index (χ3v) is 8.66. The van der Waals surface area contributed by atoms with Gasteiger partial charge in [0.25, 0.3) is 5.91 Å². The summed E-state index contributed by atoms with van der Waals surface area (Å²) in [5, 5.41) is 5.48. The summed E-state index contributed by atoms with van der Waals surface area (Å²) in [6.07, 6.45) is 0.673. The highest BCUT2D eigenvalue weighted by Gasteiger charge is 2.46. The largest absolute Gasteiger partial charge is 0.493 e. The Labute approximate surface area is 238 Å². The summed E-state index contributed by atoms with van der Waals surface area (Å²) in [5.74, 6) is 0.415. The summed E-state index contributed by atoms with van der Waals surface area (Å²) < 4.78 is 13.5. The predicted molar refractivity (Wildman–Crippen MR) is 160 cm³/mol. The smallest absolute Gasteiger partial charge is 0.254 e. The molecule has 2 amide bonds. The number of anilines is 1. The number of hydrogen-bond donors (Lipinski definition) is 1. The molecule has 0 saturated carbocycles. The first-order valence-corrected chi connectivity index (χ1v) is 14.0. The van der Waals surface area contributed by atoms with E-state index < -0.39 is 12.0 Å². The molecule has 1 N–H and O–H groups in total. The van der Waals surface area contributed by atoms with E-state index >= 15 is 0 Å². The highest BCUT2D eigenvalue weighted by atomic mass is 16.5. The number of rotatable bonds is 5. The fourth-order valence-electron chi connectivity index (χ4n) is 6.83. The topological polar surface area (TPSA) is 72.8 Å². The van der Waals surface area contributed by atoms with E-state index in [1.165, 1.54) is 5.52 Å². The van der Waals surface area contributed by atoms with Crippen LogP contribution in [0.5, 0.6) is 11.5 Å². The standard InChI is InChI=1S/C34H31N3O4/c1-4-36-27-12-8-7-9-22(27)26-18-21(13-14-28(26)36)35-33(38)31-23-10-5-6-11-24(23)34(39)37-16-15-20-17-29(40-2)30(41-3)19-25(20)32(31)37/h5-14,17-19,31-32H,4,15-16H2,1-3H3,(H,35,38). The average Bonchev–Trinajstić information content (AvgIpc) is 3.33. The van der Waals surface area contributed by atoms with Gasteiger partial charge in [-0.3, -0.25) is 9.59 Å². The molecule has 2 aliphatic rings. The lowest BCUT2D eigenvalue weighted by molar-refractivity contribution is -0.119. The van der Waals surface area contributed by atoms with Gasteiger partial charge in [0, 0.05) is 46.1 Å². The zero-order valence-electron chi connectivity index (χ0n) is 23.3. The number of fused-ring (bicyclic) bond motifs is 7. The Balaban J connectivity index is 1.34. The number of ether oxygens (including phenoxy) is 2. The van der Waals surface area contributed by atoms with Crippen LogP contribution >= 0.6 is 0 Å². The quantitative estimate of drug-likeness (QED) is 0.281. The van der Waals surface area contributed by atoms with E-state index in [1.54, 1.807) is 14.2 Å². The van der Waals surface area contributed by atoms with E-state index in [1.807, 2.05) is 53.4 Å². The van der Waals surface area contributed by atoms with Gasteiger partial charge in [0.1, 0.15) is 0 Å². The molecule has 2 atom stereocenters. The molecule has 0 bridgehead atoms. The second-order valence-corrected chi connectivity index (χ2v) is 10.6. The Bertz CT molecular complexity index is 1860. The molecule has 2 unspecified atom stereocenters. The van der Waals surface area contributed by atoms with Gasteiger partial charge in [0.15, 0.2) is 11.5 Å². The number of benzene rings is 4. The monoisotopic (exact) mass is 545 g/mol. The number of methoxy groups -OCH3 is 2. The SMILES string of the molecule is CCn1c2ccccc2c2cc(NC(=O)C3c4ccccc4C(=O)N4CCc5cc(OC)c(OC)cc5C34)ccc21. The molecular weight excluding hydrogens is 514 g/mol. The number of nitrogens with zero attached hydrogens (tertiary/aromatic N) is 2. The Morgan fingerprint density at radius 3 is 2.41 bits per heavy atom. The Morgan fingerprint density at radius 1 is 0.878 bits per heavy atom. The molecule has 7 nitrogen and oxygen atoms in total. The van der Waals surface area contributed by atoms with E-state index in [9.17, 15) is 9.59 Å². The number of hydrogen-bond acceptors (Lipinski definition) is 4. The number of para-hydroxylation sites is 1. The Kier molecular flexibility index (Phi) is 5.96. The second-order valence-electron chi connectivity index (χ2n) is 10.6. The summed E-state index contributed by atoms with van der Waals surface area (Å²) in [7, 11) is 3.22. The van der Waals surface area contributed by atoms with Gasteiger partial charge in [0.05, 0.1) is 26.2 Å². The summed E-state index contributed by atoms with van der Waals surface area (Å²) in [6.45, 7) is 3.52. The maximum atomic E-state index is 14.3. The highest BCUT2D eigenvalue weighted by molar-refractivity contribution is 6.10. The Morgan fingerprint density at radius 2 is 1.61 bits per heavy atom. The lowest BCUT2D eigenvalue weighted by Crippen LogP contribution is -2.49. The first-order valence-electron chi connectivity index (χ1n) is 14.0. The lowest BCUT2D eigenvalue weighted by atomic mass is 9.75. The zero-order chi connectivity index (χ0) is 28.2. The van der Waals surface area contributed by atoms with Crippen LogP contribution in [-0.2, 0) is 17.8 Å². The van der Waals surface area contributed by atoms with Gasteiger partial charge in [-0.05, 0) is 72.5 Å². The molecule has 0 spiro atoms. The third-order valence-electron chi connectivity index (χ3n) is 8.66. The van der Waals surface area contributed by atoms with Crippen LogP contribution in [0.3, 0.4) is 0 Å². The van der Waals surface area contributed by atoms with Gasteiger partial charge >= 0.3 is 0 Å². The molecule has 5 aromatic rings. The molecule has 0 radical (unpaired) electrons. The first-order chi connectivity index (χ1) is 20.0. The van der Waals surface area contributed by atoms with E-state index in [2.05, 4.69) is 47.1 Å². The number of carbonyl (C=O) groups is 2. The van der Waals surface area contributed by atoms with E-state index in [4.69, 9.17) is 9.47 Å². The number of aryl methyl sites for hydroxylation is 1. The zero-order valence-corrected chi connectivity index (χ0v) is 23.3. The van der Waals surface area contributed by atoms with Crippen molar-refractivity contribution < 1.29 is 19.1 Å². The fraction of sp³-hybridized carbons (Fsp3) is 0.235. The van der Waals surface area contributed by atoms with Crippen LogP contribution in [0, 0.1) is 0 Å². The van der Waals surface area contributed by atoms with Crippen molar-refractivity contribution in [3.05, 3.63) is 101 Å². The first kappa shape index (κ1) is 25.2. The van der Waals surface area contributed by atoms with Crippen molar-refractivity contribution in [1.29, 1.82) is 0 Å². The maximum Gasteiger partial charge on any atom is 0.254 e. The van der Waals surface area contributed by atoms with Crippen LogP contribution < -0.4 is 14.8 Å². The summed E-state index contributed by atoms with van der Waals surface area (Å²) >= 11 is 0. The van der Waals surface area contributed by atoms with Crippen molar-refractivity contribution in [3.63, 3.8) is 0 Å². The van der Waals surface area contributed by atoms with E-state index in [-0.39, 0.29) is 11.8 Å². The predicted octanol–water partition coefficient (Wildman–Crippen LogP) is 6.31. The molecule has 0 aliphatic carbocycles. The van der Waals surface area contributed by atoms with Crippen molar-refractivity contribution in [2.24, 2.45) is 0 Å². The van der Waals surface area contributed by atoms with Crippen molar-refractivity contribution in [3.8, 4) is 11.5 Å². The molecule has 1 aromatic heterocycles. The molecule has 3 heterocycles. The molecule has 4 aromatic carbocycles. The van der Waals surface area contributed by atoms with Gasteiger partial charge in [-0.1, -0.05) is 36.4 Å². The number of aromatic nitrogens is 1. The molecule has 206 valence electrons. The van der Waals surface area contributed by atoms with Crippen LogP contribution in [0.15, 0.2) is 78.9 Å². The normalized spacial score (nSPS) is 17.6. The van der Waals surface area contributed by atoms with Crippen molar-refractivity contribution >= 4 is 39.3 Å². The molecule has 7 heteroatoms. The number of carbonyl (C=O) groups excluding carboxylic acids is 2. The average molecular weight is 546 g/mol. The number of nitrogens with one attached hydrogen (secondary N) is 1. The second kappa shape index (κ2) is 9.70. The van der Waals surface area contributed by atoms with E-state index in [0.29, 0.717) is 30.0 Å². The molecule has 0 saturated heterocycles. The summed E-state index contributed by atoms with van der Waals surface area (Å²) in [4.78, 5) is 29.9. The van der Waals surface area contributed by atoms with Crippen LogP contribution in [-0.4, -0.2) is 42.0 Å². The summed E-state index contributed by atoms with van der Waals surface area (Å²) in [5.41, 5.74) is 6.32.